The van der Waals surface area contributed by atoms with Gasteiger partial charge in [0.15, 0.2) is 0 Å². The second-order valence-electron chi connectivity index (χ2n) is 15.6. The third kappa shape index (κ3) is 10.7. The lowest BCUT2D eigenvalue weighted by Crippen LogP contribution is -2.54. The summed E-state index contributed by atoms with van der Waals surface area (Å²) >= 11 is 0. The van der Waals surface area contributed by atoms with Gasteiger partial charge in [0.05, 0.1) is 24.6 Å². The summed E-state index contributed by atoms with van der Waals surface area (Å²) in [7, 11) is -8.24. The topological polar surface area (TPSA) is 215 Å². The van der Waals surface area contributed by atoms with Crippen LogP contribution in [0.1, 0.15) is 96.1 Å². The summed E-state index contributed by atoms with van der Waals surface area (Å²) in [6, 6.07) is 2.95. The highest BCUT2D eigenvalue weighted by Gasteiger charge is 2.61. The lowest BCUT2D eigenvalue weighted by atomic mass is 10.1. The fourth-order valence-corrected chi connectivity index (χ4v) is 9.06. The summed E-state index contributed by atoms with van der Waals surface area (Å²) in [5.74, 6) is -3.33. The summed E-state index contributed by atoms with van der Waals surface area (Å²) in [6.45, 7) is 4.21. The first-order chi connectivity index (χ1) is 25.7. The largest absolute Gasteiger partial charge is 0.444 e. The predicted molar refractivity (Wildman–Crippen MR) is 196 cm³/mol. The summed E-state index contributed by atoms with van der Waals surface area (Å²) in [5, 5.41) is 4.65. The van der Waals surface area contributed by atoms with E-state index >= 15 is 0 Å². The number of allylic oxidation sites excluding steroid dienone is 1. The number of fused-ring (bicyclic) bond motifs is 2. The molecular weight excluding hydrogens is 762 g/mol. The number of amides is 5. The third-order valence-electron chi connectivity index (χ3n) is 9.86. The van der Waals surface area contributed by atoms with Crippen molar-refractivity contribution in [3.8, 4) is 0 Å². The van der Waals surface area contributed by atoms with Gasteiger partial charge < -0.3 is 20.1 Å². The minimum Gasteiger partial charge on any atom is -0.444 e. The summed E-state index contributed by atoms with van der Waals surface area (Å²) in [4.78, 5) is 68.6. The molecule has 5 amide bonds. The summed E-state index contributed by atoms with van der Waals surface area (Å²) in [6.07, 6.45) is 3.48. The molecule has 1 aromatic carbocycles. The molecule has 4 atom stereocenters. The van der Waals surface area contributed by atoms with E-state index < -0.39 is 96.8 Å². The number of carbonyl (C=O) groups is 5. The highest BCUT2D eigenvalue weighted by Crippen LogP contribution is 2.46. The minimum absolute atomic E-state index is 0.0447. The van der Waals surface area contributed by atoms with Gasteiger partial charge in [-0.2, -0.15) is 4.31 Å². The molecule has 55 heavy (non-hydrogen) atoms. The van der Waals surface area contributed by atoms with Gasteiger partial charge >= 0.3 is 12.2 Å². The van der Waals surface area contributed by atoms with Gasteiger partial charge in [-0.1, -0.05) is 37.1 Å². The second kappa shape index (κ2) is 16.5. The highest BCUT2D eigenvalue weighted by molar-refractivity contribution is 7.91. The van der Waals surface area contributed by atoms with E-state index in [1.54, 1.807) is 32.9 Å². The monoisotopic (exact) mass is 811 g/mol. The van der Waals surface area contributed by atoms with Crippen LogP contribution in [0.5, 0.6) is 0 Å². The molecule has 2 fully saturated rings. The molecule has 5 rings (SSSR count). The first kappa shape index (κ1) is 41.9. The third-order valence-corrected chi connectivity index (χ3v) is 12.8. The number of sulfonamides is 2. The number of nitrogens with one attached hydrogen (secondary N) is 3. The molecule has 1 aromatic rings. The molecule has 0 aromatic heterocycles. The maximum atomic E-state index is 14.5. The van der Waals surface area contributed by atoms with Gasteiger partial charge in [-0.25, -0.2) is 30.8 Å². The normalized spacial score (nSPS) is 26.1. The molecule has 2 saturated carbocycles. The molecule has 2 heterocycles. The Morgan fingerprint density at radius 1 is 1.02 bits per heavy atom. The standard InChI is InChI=1S/C36H50FN5O11S2/c1-35(2,3)53-34(47)42(54(4,48)49)29-14-9-7-5-6-8-12-24-19-36(24,32(45)40-55(50,51)26-16-17-26)39-30(43)18-15-25(20-38-31(29)44)52-33(46)41-21-23-11-10-13-28(37)27(23)22-41/h8,10-13,24-26,29H,5-7,9,14-22H2,1-4H3,(H,38,44)(H,39,43)(H,40,45)/b12-8-/t24-,25-,29+,36-/m1/s1. The van der Waals surface area contributed by atoms with Crippen molar-refractivity contribution < 1.29 is 54.7 Å². The van der Waals surface area contributed by atoms with Crippen molar-refractivity contribution in [3.63, 3.8) is 0 Å². The zero-order valence-corrected chi connectivity index (χ0v) is 33.1. The smallest absolute Gasteiger partial charge is 0.424 e. The van der Waals surface area contributed by atoms with Crippen molar-refractivity contribution in [2.24, 2.45) is 5.92 Å². The zero-order valence-electron chi connectivity index (χ0n) is 31.5. The van der Waals surface area contributed by atoms with E-state index in [2.05, 4.69) is 15.4 Å². The van der Waals surface area contributed by atoms with Crippen LogP contribution in [0.3, 0.4) is 0 Å². The number of carbonyl (C=O) groups excluding carboxylic acids is 5. The van der Waals surface area contributed by atoms with Crippen molar-refractivity contribution >= 4 is 50.0 Å². The lowest BCUT2D eigenvalue weighted by Gasteiger charge is -2.31. The van der Waals surface area contributed by atoms with E-state index in [4.69, 9.17) is 9.47 Å². The van der Waals surface area contributed by atoms with Crippen LogP contribution >= 0.6 is 0 Å². The Morgan fingerprint density at radius 3 is 2.40 bits per heavy atom. The van der Waals surface area contributed by atoms with Crippen LogP contribution in [0.2, 0.25) is 0 Å². The fourth-order valence-electron chi connectivity index (χ4n) is 6.72. The maximum absolute atomic E-state index is 14.5. The summed E-state index contributed by atoms with van der Waals surface area (Å²) in [5.41, 5.74) is -1.68. The molecule has 0 unspecified atom stereocenters. The van der Waals surface area contributed by atoms with Crippen LogP contribution in [0, 0.1) is 11.7 Å². The van der Waals surface area contributed by atoms with Gasteiger partial charge in [-0.05, 0) is 77.3 Å². The first-order valence-corrected chi connectivity index (χ1v) is 21.9. The van der Waals surface area contributed by atoms with Crippen molar-refractivity contribution in [1.82, 2.24) is 24.6 Å². The highest BCUT2D eigenvalue weighted by atomic mass is 32.2. The zero-order chi connectivity index (χ0) is 40.3. The van der Waals surface area contributed by atoms with E-state index in [1.165, 1.54) is 17.0 Å². The van der Waals surface area contributed by atoms with Gasteiger partial charge in [0.25, 0.3) is 5.91 Å². The number of halogens is 1. The summed E-state index contributed by atoms with van der Waals surface area (Å²) < 4.78 is 79.4. The molecule has 0 bridgehead atoms. The van der Waals surface area contributed by atoms with Crippen molar-refractivity contribution in [3.05, 3.63) is 47.3 Å². The Kier molecular flexibility index (Phi) is 12.5. The quantitative estimate of drug-likeness (QED) is 0.355. The number of rotatable bonds is 6. The van der Waals surface area contributed by atoms with Crippen LogP contribution in [0.25, 0.3) is 0 Å². The van der Waals surface area contributed by atoms with Crippen molar-refractivity contribution in [1.29, 1.82) is 0 Å². The molecular formula is C36H50FN5O11S2. The van der Waals surface area contributed by atoms with E-state index in [-0.39, 0.29) is 38.8 Å². The van der Waals surface area contributed by atoms with Crippen LogP contribution < -0.4 is 15.4 Å². The molecule has 16 nitrogen and oxygen atoms in total. The number of hydrogen-bond acceptors (Lipinski definition) is 11. The number of nitrogens with zero attached hydrogens (tertiary/aromatic N) is 2. The van der Waals surface area contributed by atoms with Crippen LogP contribution in [-0.2, 0) is 57.0 Å². The van der Waals surface area contributed by atoms with Crippen LogP contribution in [0.15, 0.2) is 30.4 Å². The Hall–Kier alpha value is -4.26. The SMILES string of the molecule is CC(C)(C)OC(=O)N([C@H]1CCCCC/C=C\[C@@H]2C[C@@]2(C(=O)NS(=O)(=O)C2CC2)NC(=O)CC[C@@H](OC(=O)N2Cc3cccc(F)c3C2)CNC1=O)S(C)(=O)=O. The van der Waals surface area contributed by atoms with Crippen LogP contribution in [0.4, 0.5) is 14.0 Å². The maximum Gasteiger partial charge on any atom is 0.424 e. The van der Waals surface area contributed by atoms with E-state index in [1.807, 2.05) is 6.08 Å². The molecule has 0 saturated heterocycles. The Labute approximate surface area is 321 Å². The predicted octanol–water partition coefficient (Wildman–Crippen LogP) is 3.11. The Balaban J connectivity index is 1.38. The minimum atomic E-state index is -4.33. The molecule has 304 valence electrons. The van der Waals surface area contributed by atoms with Gasteiger partial charge in [0, 0.05) is 24.4 Å². The van der Waals surface area contributed by atoms with Crippen molar-refractivity contribution in [2.75, 3.05) is 12.8 Å². The average molecular weight is 812 g/mol. The lowest BCUT2D eigenvalue weighted by molar-refractivity contribution is -0.129. The molecule has 19 heteroatoms. The first-order valence-electron chi connectivity index (χ1n) is 18.5. The van der Waals surface area contributed by atoms with Crippen LogP contribution in [-0.4, -0.2) is 97.3 Å². The molecule has 0 radical (unpaired) electrons. The van der Waals surface area contributed by atoms with Gasteiger partial charge in [-0.3, -0.25) is 24.0 Å². The van der Waals surface area contributed by atoms with Crippen molar-refractivity contribution in [2.45, 2.75) is 127 Å². The average Bonchev–Trinajstić information content (AvgIpc) is 3.99. The Morgan fingerprint density at radius 2 is 1.75 bits per heavy atom. The Bertz CT molecular complexity index is 1930. The number of hydrogen-bond donors (Lipinski definition) is 3. The molecule has 4 aliphatic rings. The van der Waals surface area contributed by atoms with E-state index in [0.29, 0.717) is 54.0 Å². The molecule has 3 N–H and O–H groups in total. The molecule has 2 aliphatic heterocycles. The van der Waals surface area contributed by atoms with Gasteiger partial charge in [0.1, 0.15) is 29.1 Å². The van der Waals surface area contributed by atoms with E-state index in [9.17, 15) is 45.2 Å². The number of benzene rings is 1. The molecule has 0 spiro atoms. The van der Waals surface area contributed by atoms with Gasteiger partial charge in [-0.15, -0.1) is 0 Å². The van der Waals surface area contributed by atoms with E-state index in [0.717, 1.165) is 6.26 Å². The second-order valence-corrected chi connectivity index (χ2v) is 19.5. The van der Waals surface area contributed by atoms with Gasteiger partial charge in [0.2, 0.25) is 31.9 Å². The molecule has 2 aliphatic carbocycles. The fraction of sp³-hybridized carbons (Fsp3) is 0.639. The number of ether oxygens (including phenoxy) is 2.